The topological polar surface area (TPSA) is 83.6 Å². The molecule has 0 atom stereocenters. The first-order valence-electron chi connectivity index (χ1n) is 9.05. The number of hydrogen-bond acceptors (Lipinski definition) is 4. The molecule has 1 aliphatic rings. The fourth-order valence-electron chi connectivity index (χ4n) is 3.25. The number of ketones is 1. The monoisotopic (exact) mass is 454 g/mol. The molecule has 1 heterocycles. The molecule has 9 heteroatoms. The van der Waals surface area contributed by atoms with Crippen LogP contribution in [0, 0.1) is 5.92 Å². The molecule has 1 N–H and O–H groups in total. The number of anilines is 1. The van der Waals surface area contributed by atoms with Gasteiger partial charge in [0, 0.05) is 40.3 Å². The maximum atomic E-state index is 12.9. The zero-order chi connectivity index (χ0) is 21.2. The summed E-state index contributed by atoms with van der Waals surface area (Å²) in [5.74, 6) is -0.708. The van der Waals surface area contributed by atoms with Gasteiger partial charge in [-0.2, -0.15) is 4.31 Å². The van der Waals surface area contributed by atoms with Gasteiger partial charge in [0.2, 0.25) is 15.9 Å². The van der Waals surface area contributed by atoms with Crippen molar-refractivity contribution in [3.63, 3.8) is 0 Å². The van der Waals surface area contributed by atoms with Crippen molar-refractivity contribution < 1.29 is 18.0 Å². The molecule has 6 nitrogen and oxygen atoms in total. The highest BCUT2D eigenvalue weighted by atomic mass is 35.5. The molecule has 1 fully saturated rings. The maximum Gasteiger partial charge on any atom is 0.243 e. The molecule has 0 radical (unpaired) electrons. The number of piperidine rings is 1. The highest BCUT2D eigenvalue weighted by Crippen LogP contribution is 2.27. The zero-order valence-corrected chi connectivity index (χ0v) is 18.0. The summed E-state index contributed by atoms with van der Waals surface area (Å²) in [5.41, 5.74) is 0.851. The lowest BCUT2D eigenvalue weighted by molar-refractivity contribution is -0.120. The van der Waals surface area contributed by atoms with Gasteiger partial charge in [0.25, 0.3) is 0 Å². The summed E-state index contributed by atoms with van der Waals surface area (Å²) in [6, 6.07) is 10.8. The van der Waals surface area contributed by atoms with Crippen molar-refractivity contribution >= 4 is 50.6 Å². The summed E-state index contributed by atoms with van der Waals surface area (Å²) in [5, 5.41) is 3.62. The third kappa shape index (κ3) is 5.17. The van der Waals surface area contributed by atoms with Crippen LogP contribution in [0.15, 0.2) is 47.4 Å². The van der Waals surface area contributed by atoms with Crippen LogP contribution in [0.1, 0.15) is 30.1 Å². The van der Waals surface area contributed by atoms with Crippen molar-refractivity contribution in [2.75, 3.05) is 18.4 Å². The minimum absolute atomic E-state index is 0.0849. The molecular weight excluding hydrogens is 435 g/mol. The summed E-state index contributed by atoms with van der Waals surface area (Å²) in [7, 11) is -3.72. The molecule has 1 aliphatic heterocycles. The minimum Gasteiger partial charge on any atom is -0.326 e. The van der Waals surface area contributed by atoms with Crippen LogP contribution in [-0.4, -0.2) is 37.5 Å². The van der Waals surface area contributed by atoms with Crippen molar-refractivity contribution in [2.45, 2.75) is 24.7 Å². The van der Waals surface area contributed by atoms with Crippen LogP contribution in [-0.2, 0) is 14.8 Å². The summed E-state index contributed by atoms with van der Waals surface area (Å²) in [4.78, 5) is 24.2. The second-order valence-electron chi connectivity index (χ2n) is 6.91. The third-order valence-corrected chi connectivity index (χ3v) is 7.16. The lowest BCUT2D eigenvalue weighted by Crippen LogP contribution is -2.41. The van der Waals surface area contributed by atoms with Crippen LogP contribution in [0.25, 0.3) is 0 Å². The van der Waals surface area contributed by atoms with E-state index < -0.39 is 10.0 Å². The highest BCUT2D eigenvalue weighted by molar-refractivity contribution is 7.89. The molecule has 29 heavy (non-hydrogen) atoms. The van der Waals surface area contributed by atoms with Gasteiger partial charge in [0.15, 0.2) is 5.78 Å². The van der Waals surface area contributed by atoms with E-state index in [1.165, 1.54) is 23.4 Å². The molecule has 0 spiro atoms. The molecule has 0 aliphatic carbocycles. The number of amides is 1. The summed E-state index contributed by atoms with van der Waals surface area (Å²) in [6.45, 7) is 1.84. The number of carbonyl (C=O) groups excluding carboxylic acids is 2. The van der Waals surface area contributed by atoms with Crippen LogP contribution in [0.5, 0.6) is 0 Å². The van der Waals surface area contributed by atoms with Crippen LogP contribution < -0.4 is 5.32 Å². The van der Waals surface area contributed by atoms with E-state index in [1.807, 2.05) is 0 Å². The fourth-order valence-corrected chi connectivity index (χ4v) is 5.30. The number of carbonyl (C=O) groups is 2. The van der Waals surface area contributed by atoms with Crippen molar-refractivity contribution in [2.24, 2.45) is 5.92 Å². The van der Waals surface area contributed by atoms with Gasteiger partial charge in [-0.1, -0.05) is 35.3 Å². The van der Waals surface area contributed by atoms with Gasteiger partial charge in [0.1, 0.15) is 0 Å². The Labute approximate surface area is 179 Å². The number of nitrogens with zero attached hydrogens (tertiary/aromatic N) is 1. The molecule has 2 aromatic carbocycles. The van der Waals surface area contributed by atoms with Gasteiger partial charge in [-0.25, -0.2) is 8.42 Å². The Hall–Kier alpha value is -1.93. The van der Waals surface area contributed by atoms with Gasteiger partial charge < -0.3 is 5.32 Å². The molecule has 0 unspecified atom stereocenters. The van der Waals surface area contributed by atoms with Gasteiger partial charge in [-0.05, 0) is 50.1 Å². The molecule has 0 bridgehead atoms. The second kappa shape index (κ2) is 8.83. The molecule has 0 saturated carbocycles. The number of rotatable bonds is 5. The van der Waals surface area contributed by atoms with E-state index in [0.29, 0.717) is 34.1 Å². The SMILES string of the molecule is CC(=O)c1cccc(S(=O)(=O)N2CCC(C(=O)Nc3cc(Cl)cc(Cl)c3)CC2)c1. The van der Waals surface area contributed by atoms with Crippen LogP contribution in [0.3, 0.4) is 0 Å². The van der Waals surface area contributed by atoms with Crippen molar-refractivity contribution in [1.29, 1.82) is 0 Å². The Kier molecular flexibility index (Phi) is 6.63. The molecule has 1 saturated heterocycles. The predicted octanol–water partition coefficient (Wildman–Crippen LogP) is 4.24. The van der Waals surface area contributed by atoms with E-state index in [-0.39, 0.29) is 35.6 Å². The smallest absolute Gasteiger partial charge is 0.243 e. The van der Waals surface area contributed by atoms with Crippen molar-refractivity contribution in [3.8, 4) is 0 Å². The van der Waals surface area contributed by atoms with E-state index in [1.54, 1.807) is 30.3 Å². The van der Waals surface area contributed by atoms with Crippen LogP contribution in [0.4, 0.5) is 5.69 Å². The van der Waals surface area contributed by atoms with E-state index in [0.717, 1.165) is 0 Å². The number of halogens is 2. The maximum absolute atomic E-state index is 12.9. The molecule has 2 aromatic rings. The second-order valence-corrected chi connectivity index (χ2v) is 9.72. The fraction of sp³-hybridized carbons (Fsp3) is 0.300. The van der Waals surface area contributed by atoms with Crippen molar-refractivity contribution in [1.82, 2.24) is 4.31 Å². The lowest BCUT2D eigenvalue weighted by Gasteiger charge is -2.30. The largest absolute Gasteiger partial charge is 0.326 e. The third-order valence-electron chi connectivity index (χ3n) is 4.83. The van der Waals surface area contributed by atoms with Gasteiger partial charge in [0.05, 0.1) is 4.90 Å². The summed E-state index contributed by atoms with van der Waals surface area (Å²) < 4.78 is 27.1. The zero-order valence-electron chi connectivity index (χ0n) is 15.7. The molecule has 1 amide bonds. The van der Waals surface area contributed by atoms with Crippen LogP contribution >= 0.6 is 23.2 Å². The van der Waals surface area contributed by atoms with Gasteiger partial charge in [-0.15, -0.1) is 0 Å². The Bertz CT molecular complexity index is 1030. The van der Waals surface area contributed by atoms with Gasteiger partial charge in [-0.3, -0.25) is 9.59 Å². The molecule has 154 valence electrons. The first kappa shape index (κ1) is 21.8. The highest BCUT2D eigenvalue weighted by Gasteiger charge is 2.32. The van der Waals surface area contributed by atoms with E-state index >= 15 is 0 Å². The standard InChI is InChI=1S/C20H20Cl2N2O4S/c1-13(25)15-3-2-4-19(9-15)29(27,28)24-7-5-14(6-8-24)20(26)23-18-11-16(21)10-17(22)12-18/h2-4,9-12,14H,5-8H2,1H3,(H,23,26). The summed E-state index contributed by atoms with van der Waals surface area (Å²) in [6.07, 6.45) is 0.789. The quantitative estimate of drug-likeness (QED) is 0.684. The first-order valence-corrected chi connectivity index (χ1v) is 11.2. The van der Waals surface area contributed by atoms with E-state index in [9.17, 15) is 18.0 Å². The first-order chi connectivity index (χ1) is 13.7. The average molecular weight is 455 g/mol. The van der Waals surface area contributed by atoms with Crippen molar-refractivity contribution in [3.05, 3.63) is 58.1 Å². The lowest BCUT2D eigenvalue weighted by atomic mass is 9.97. The predicted molar refractivity (Wildman–Crippen MR) is 113 cm³/mol. The number of hydrogen-bond donors (Lipinski definition) is 1. The van der Waals surface area contributed by atoms with E-state index in [4.69, 9.17) is 23.2 Å². The minimum atomic E-state index is -3.72. The average Bonchev–Trinajstić information content (AvgIpc) is 2.67. The van der Waals surface area contributed by atoms with Gasteiger partial charge >= 0.3 is 0 Å². The Morgan fingerprint density at radius 3 is 2.24 bits per heavy atom. The molecular formula is C20H20Cl2N2O4S. The number of sulfonamides is 1. The van der Waals surface area contributed by atoms with E-state index in [2.05, 4.69) is 5.32 Å². The Balaban J connectivity index is 1.65. The number of Topliss-reactive ketones (excluding diaryl/α,β-unsaturated/α-hetero) is 1. The number of nitrogens with one attached hydrogen (secondary N) is 1. The number of benzene rings is 2. The Morgan fingerprint density at radius 1 is 1.03 bits per heavy atom. The molecule has 3 rings (SSSR count). The normalized spacial score (nSPS) is 15.8. The van der Waals surface area contributed by atoms with Crippen LogP contribution in [0.2, 0.25) is 10.0 Å². The summed E-state index contributed by atoms with van der Waals surface area (Å²) >= 11 is 11.9. The molecule has 0 aromatic heterocycles. The Morgan fingerprint density at radius 2 is 1.66 bits per heavy atom.